The number of hydrogen-bond acceptors (Lipinski definition) is 4. The van der Waals surface area contributed by atoms with Gasteiger partial charge in [-0.25, -0.2) is 4.79 Å². The molecule has 2 amide bonds. The Balaban J connectivity index is 2.65. The molecule has 0 saturated heterocycles. The predicted octanol–water partition coefficient (Wildman–Crippen LogP) is 1.67. The number of nitrogens with one attached hydrogen (secondary N) is 2. The third-order valence-electron chi connectivity index (χ3n) is 2.51. The van der Waals surface area contributed by atoms with Crippen LogP contribution >= 0.6 is 15.9 Å². The average molecular weight is 356 g/mol. The molecule has 21 heavy (non-hydrogen) atoms. The molecule has 0 bridgehead atoms. The number of carbonyl (C=O) groups excluding carboxylic acids is 1. The summed E-state index contributed by atoms with van der Waals surface area (Å²) in [6.07, 6.45) is -0.492. The van der Waals surface area contributed by atoms with E-state index in [1.807, 2.05) is 6.07 Å². The summed E-state index contributed by atoms with van der Waals surface area (Å²) in [5, 5.41) is 32.1. The van der Waals surface area contributed by atoms with E-state index in [-0.39, 0.29) is 12.1 Å². The number of hydrogen-bond donors (Lipinski definition) is 4. The van der Waals surface area contributed by atoms with Gasteiger partial charge in [0.25, 0.3) is 0 Å². The molecule has 1 rings (SSSR count). The first-order valence-corrected chi connectivity index (χ1v) is 6.71. The van der Waals surface area contributed by atoms with Crippen LogP contribution in [0.15, 0.2) is 22.7 Å². The molecule has 1 unspecified atom stereocenters. The first-order chi connectivity index (χ1) is 9.73. The molecule has 0 aromatic heterocycles. The second kappa shape index (κ2) is 7.06. The van der Waals surface area contributed by atoms with Gasteiger partial charge in [-0.1, -0.05) is 15.9 Å². The first kappa shape index (κ1) is 16.9. The molecule has 0 radical (unpaired) electrons. The monoisotopic (exact) mass is 355 g/mol. The van der Waals surface area contributed by atoms with Crippen LogP contribution in [0.3, 0.4) is 0 Å². The fourth-order valence-corrected chi connectivity index (χ4v) is 1.90. The van der Waals surface area contributed by atoms with E-state index in [4.69, 9.17) is 10.4 Å². The summed E-state index contributed by atoms with van der Waals surface area (Å²) in [4.78, 5) is 22.3. The van der Waals surface area contributed by atoms with Crippen molar-refractivity contribution in [3.63, 3.8) is 0 Å². The van der Waals surface area contributed by atoms with Gasteiger partial charge in [-0.3, -0.25) is 4.79 Å². The average Bonchev–Trinajstić information content (AvgIpc) is 2.35. The summed E-state index contributed by atoms with van der Waals surface area (Å²) < 4.78 is 0.690. The van der Waals surface area contributed by atoms with Crippen molar-refractivity contribution in [3.05, 3.63) is 28.2 Å². The van der Waals surface area contributed by atoms with Gasteiger partial charge in [0.2, 0.25) is 0 Å². The van der Waals surface area contributed by atoms with E-state index in [0.717, 1.165) is 0 Å². The number of anilines is 1. The minimum Gasteiger partial charge on any atom is -0.481 e. The van der Waals surface area contributed by atoms with Gasteiger partial charge in [-0.2, -0.15) is 5.26 Å². The highest BCUT2D eigenvalue weighted by molar-refractivity contribution is 9.10. The number of urea groups is 1. The Labute approximate surface area is 129 Å². The van der Waals surface area contributed by atoms with Gasteiger partial charge in [0.1, 0.15) is 6.07 Å². The summed E-state index contributed by atoms with van der Waals surface area (Å²) in [7, 11) is 0. The van der Waals surface area contributed by atoms with Crippen molar-refractivity contribution in [3.8, 4) is 6.07 Å². The number of aliphatic carboxylic acids is 1. The van der Waals surface area contributed by atoms with Crippen LogP contribution in [0.2, 0.25) is 0 Å². The van der Waals surface area contributed by atoms with Crippen molar-refractivity contribution < 1.29 is 19.8 Å². The maximum atomic E-state index is 11.7. The predicted molar refractivity (Wildman–Crippen MR) is 78.8 cm³/mol. The van der Waals surface area contributed by atoms with E-state index in [2.05, 4.69) is 26.6 Å². The van der Waals surface area contributed by atoms with Crippen LogP contribution in [-0.4, -0.2) is 34.4 Å². The van der Waals surface area contributed by atoms with Gasteiger partial charge in [0, 0.05) is 11.0 Å². The zero-order chi connectivity index (χ0) is 16.0. The van der Waals surface area contributed by atoms with Crippen molar-refractivity contribution >= 4 is 33.6 Å². The Morgan fingerprint density at radius 1 is 1.48 bits per heavy atom. The Hall–Kier alpha value is -2.11. The molecule has 0 aliphatic heterocycles. The Kier molecular flexibility index (Phi) is 5.69. The van der Waals surface area contributed by atoms with E-state index in [0.29, 0.717) is 10.2 Å². The van der Waals surface area contributed by atoms with Gasteiger partial charge in [0.15, 0.2) is 0 Å². The number of carboxylic acids is 1. The van der Waals surface area contributed by atoms with Crippen molar-refractivity contribution in [1.29, 1.82) is 5.26 Å². The molecule has 4 N–H and O–H groups in total. The second-order valence-electron chi connectivity index (χ2n) is 4.68. The molecule has 0 saturated carbocycles. The van der Waals surface area contributed by atoms with Gasteiger partial charge >= 0.3 is 12.0 Å². The minimum absolute atomic E-state index is 0.235. The molecular formula is C13H14BrN3O4. The third kappa shape index (κ3) is 5.81. The van der Waals surface area contributed by atoms with Gasteiger partial charge in [-0.05, 0) is 25.1 Å². The lowest BCUT2D eigenvalue weighted by Gasteiger charge is -2.21. The van der Waals surface area contributed by atoms with Crippen molar-refractivity contribution in [1.82, 2.24) is 5.32 Å². The summed E-state index contributed by atoms with van der Waals surface area (Å²) in [6, 6.07) is 6.06. The van der Waals surface area contributed by atoms with E-state index in [1.165, 1.54) is 6.92 Å². The topological polar surface area (TPSA) is 122 Å². The Morgan fingerprint density at radius 2 is 2.14 bits per heavy atom. The molecule has 1 aromatic carbocycles. The zero-order valence-electron chi connectivity index (χ0n) is 11.2. The number of carboxylic acid groups (broad SMARTS) is 1. The lowest BCUT2D eigenvalue weighted by Crippen LogP contribution is -2.43. The van der Waals surface area contributed by atoms with Crippen LogP contribution in [0.1, 0.15) is 18.9 Å². The molecule has 0 heterocycles. The molecule has 7 nitrogen and oxygen atoms in total. The van der Waals surface area contributed by atoms with Crippen molar-refractivity contribution in [2.45, 2.75) is 18.9 Å². The lowest BCUT2D eigenvalue weighted by molar-refractivity contribution is -0.141. The van der Waals surface area contributed by atoms with Crippen LogP contribution in [0.25, 0.3) is 0 Å². The lowest BCUT2D eigenvalue weighted by atomic mass is 10.0. The summed E-state index contributed by atoms with van der Waals surface area (Å²) in [5.41, 5.74) is -0.966. The van der Waals surface area contributed by atoms with E-state index in [9.17, 15) is 14.7 Å². The third-order valence-corrected chi connectivity index (χ3v) is 3.01. The summed E-state index contributed by atoms with van der Waals surface area (Å²) in [6.45, 7) is 1.07. The van der Waals surface area contributed by atoms with Gasteiger partial charge in [-0.15, -0.1) is 0 Å². The standard InChI is InChI=1S/C13H14BrN3O4/c1-13(21,5-11(18)19)7-16-12(20)17-10-4-9(14)3-2-8(10)6-15/h2-4,21H,5,7H2,1H3,(H,18,19)(H2,16,17,20). The Morgan fingerprint density at radius 3 is 2.71 bits per heavy atom. The van der Waals surface area contributed by atoms with Crippen LogP contribution < -0.4 is 10.6 Å². The van der Waals surface area contributed by atoms with Crippen LogP contribution in [0.4, 0.5) is 10.5 Å². The van der Waals surface area contributed by atoms with E-state index in [1.54, 1.807) is 18.2 Å². The fraction of sp³-hybridized carbons (Fsp3) is 0.308. The molecular weight excluding hydrogens is 342 g/mol. The van der Waals surface area contributed by atoms with Crippen molar-refractivity contribution in [2.24, 2.45) is 0 Å². The molecule has 0 aliphatic carbocycles. The molecule has 0 fully saturated rings. The quantitative estimate of drug-likeness (QED) is 0.639. The fourth-order valence-electron chi connectivity index (χ4n) is 1.54. The number of carbonyl (C=O) groups is 2. The van der Waals surface area contributed by atoms with Crippen LogP contribution in [0.5, 0.6) is 0 Å². The molecule has 1 aromatic rings. The molecule has 0 aliphatic rings. The van der Waals surface area contributed by atoms with E-state index < -0.39 is 24.0 Å². The smallest absolute Gasteiger partial charge is 0.319 e. The van der Waals surface area contributed by atoms with Gasteiger partial charge in [0.05, 0.1) is 23.3 Å². The zero-order valence-corrected chi connectivity index (χ0v) is 12.8. The number of rotatable bonds is 5. The highest BCUT2D eigenvalue weighted by Crippen LogP contribution is 2.20. The molecule has 0 spiro atoms. The molecule has 1 atom stereocenters. The van der Waals surface area contributed by atoms with Gasteiger partial charge < -0.3 is 20.8 Å². The minimum atomic E-state index is -1.56. The number of halogens is 1. The number of nitrogens with zero attached hydrogens (tertiary/aromatic N) is 1. The maximum Gasteiger partial charge on any atom is 0.319 e. The number of amides is 2. The second-order valence-corrected chi connectivity index (χ2v) is 5.59. The van der Waals surface area contributed by atoms with Crippen LogP contribution in [-0.2, 0) is 4.79 Å². The highest BCUT2D eigenvalue weighted by Gasteiger charge is 2.24. The van der Waals surface area contributed by atoms with E-state index >= 15 is 0 Å². The normalized spacial score (nSPS) is 12.9. The number of nitriles is 1. The Bertz CT molecular complexity index is 596. The summed E-state index contributed by atoms with van der Waals surface area (Å²) in [5.74, 6) is -1.17. The van der Waals surface area contributed by atoms with Crippen molar-refractivity contribution in [2.75, 3.05) is 11.9 Å². The maximum absolute atomic E-state index is 11.7. The number of aliphatic hydroxyl groups is 1. The largest absolute Gasteiger partial charge is 0.481 e. The first-order valence-electron chi connectivity index (χ1n) is 5.92. The summed E-state index contributed by atoms with van der Waals surface area (Å²) >= 11 is 3.23. The van der Waals surface area contributed by atoms with Crippen LogP contribution in [0, 0.1) is 11.3 Å². The molecule has 8 heteroatoms. The highest BCUT2D eigenvalue weighted by atomic mass is 79.9. The SMILES string of the molecule is CC(O)(CNC(=O)Nc1cc(Br)ccc1C#N)CC(=O)O. The number of benzene rings is 1. The molecule has 112 valence electrons.